The van der Waals surface area contributed by atoms with Crippen LogP contribution >= 0.6 is 27.5 Å². The first kappa shape index (κ1) is 15.2. The molecule has 1 fully saturated rings. The van der Waals surface area contributed by atoms with E-state index < -0.39 is 5.60 Å². The maximum absolute atomic E-state index is 6.26. The smallest absolute Gasteiger partial charge is 0.161 e. The average molecular weight is 348 g/mol. The lowest BCUT2D eigenvalue weighted by molar-refractivity contribution is -0.00923. The SMILES string of the molecule is CCC(C)(OC)c1nc(Cl)c(Br)c(C2CCCC2)n1. The predicted octanol–water partition coefficient (Wildman–Crippen LogP) is 4.82. The number of aromatic nitrogens is 2. The summed E-state index contributed by atoms with van der Waals surface area (Å²) in [5, 5.41) is 0.489. The molecule has 1 aromatic heterocycles. The Morgan fingerprint density at radius 3 is 2.53 bits per heavy atom. The molecule has 1 aromatic rings. The average Bonchev–Trinajstić information content (AvgIpc) is 2.94. The molecule has 0 N–H and O–H groups in total. The molecule has 0 aliphatic heterocycles. The van der Waals surface area contributed by atoms with Gasteiger partial charge in [-0.15, -0.1) is 0 Å². The Balaban J connectivity index is 2.47. The zero-order chi connectivity index (χ0) is 14.0. The van der Waals surface area contributed by atoms with Crippen molar-refractivity contribution in [3.63, 3.8) is 0 Å². The van der Waals surface area contributed by atoms with Gasteiger partial charge in [-0.3, -0.25) is 0 Å². The fourth-order valence-corrected chi connectivity index (χ4v) is 3.21. The van der Waals surface area contributed by atoms with E-state index in [1.807, 2.05) is 6.92 Å². The van der Waals surface area contributed by atoms with Crippen molar-refractivity contribution in [1.82, 2.24) is 9.97 Å². The van der Waals surface area contributed by atoms with E-state index in [0.29, 0.717) is 16.9 Å². The van der Waals surface area contributed by atoms with Gasteiger partial charge < -0.3 is 4.74 Å². The summed E-state index contributed by atoms with van der Waals surface area (Å²) >= 11 is 9.80. The zero-order valence-corrected chi connectivity index (χ0v) is 14.0. The Morgan fingerprint density at radius 2 is 2.00 bits per heavy atom. The van der Waals surface area contributed by atoms with Gasteiger partial charge in [-0.1, -0.05) is 31.4 Å². The number of ether oxygens (including phenoxy) is 1. The molecule has 0 amide bonds. The lowest BCUT2D eigenvalue weighted by Gasteiger charge is -2.26. The second-order valence-corrected chi connectivity index (χ2v) is 6.46. The molecule has 19 heavy (non-hydrogen) atoms. The standard InChI is InChI=1S/C14H20BrClN2O/c1-4-14(2,19-3)13-17-11(9-7-5-6-8-9)10(15)12(16)18-13/h9H,4-8H2,1-3H3. The summed E-state index contributed by atoms with van der Waals surface area (Å²) in [4.78, 5) is 9.16. The van der Waals surface area contributed by atoms with Crippen molar-refractivity contribution in [2.75, 3.05) is 7.11 Å². The molecule has 1 saturated carbocycles. The van der Waals surface area contributed by atoms with Gasteiger partial charge in [-0.2, -0.15) is 0 Å². The molecule has 0 spiro atoms. The van der Waals surface area contributed by atoms with E-state index >= 15 is 0 Å². The summed E-state index contributed by atoms with van der Waals surface area (Å²) in [5.74, 6) is 1.18. The van der Waals surface area contributed by atoms with Crippen LogP contribution in [0.3, 0.4) is 0 Å². The van der Waals surface area contributed by atoms with Crippen LogP contribution < -0.4 is 0 Å². The Kier molecular flexibility index (Phi) is 4.85. The number of hydrogen-bond donors (Lipinski definition) is 0. The molecule has 1 unspecified atom stereocenters. The molecular formula is C14H20BrClN2O. The minimum atomic E-state index is -0.475. The molecule has 106 valence electrons. The number of hydrogen-bond acceptors (Lipinski definition) is 3. The summed E-state index contributed by atoms with van der Waals surface area (Å²) in [6.07, 6.45) is 5.71. The van der Waals surface area contributed by atoms with Gasteiger partial charge in [0, 0.05) is 13.0 Å². The van der Waals surface area contributed by atoms with Crippen LogP contribution in [0, 0.1) is 0 Å². The molecule has 1 atom stereocenters. The molecule has 0 radical (unpaired) electrons. The third-order valence-electron chi connectivity index (χ3n) is 4.18. The lowest BCUT2D eigenvalue weighted by Crippen LogP contribution is -2.27. The fourth-order valence-electron chi connectivity index (χ4n) is 2.54. The van der Waals surface area contributed by atoms with Gasteiger partial charge in [-0.25, -0.2) is 9.97 Å². The third kappa shape index (κ3) is 2.96. The maximum atomic E-state index is 6.26. The second-order valence-electron chi connectivity index (χ2n) is 5.31. The summed E-state index contributed by atoms with van der Waals surface area (Å²) in [7, 11) is 1.69. The van der Waals surface area contributed by atoms with Gasteiger partial charge in [0.25, 0.3) is 0 Å². The predicted molar refractivity (Wildman–Crippen MR) is 80.6 cm³/mol. The van der Waals surface area contributed by atoms with Crippen LogP contribution in [0.25, 0.3) is 0 Å². The first-order valence-corrected chi connectivity index (χ1v) is 7.97. The number of rotatable bonds is 4. The van der Waals surface area contributed by atoms with E-state index in [0.717, 1.165) is 16.6 Å². The minimum Gasteiger partial charge on any atom is -0.371 e. The van der Waals surface area contributed by atoms with Crippen molar-refractivity contribution in [2.45, 2.75) is 57.5 Å². The monoisotopic (exact) mass is 346 g/mol. The largest absolute Gasteiger partial charge is 0.371 e. The summed E-state index contributed by atoms with van der Waals surface area (Å²) in [5.41, 5.74) is 0.571. The van der Waals surface area contributed by atoms with Gasteiger partial charge >= 0.3 is 0 Å². The Bertz CT molecular complexity index is 457. The topological polar surface area (TPSA) is 35.0 Å². The normalized spacial score (nSPS) is 19.6. The van der Waals surface area contributed by atoms with Crippen LogP contribution in [0.1, 0.15) is 63.4 Å². The van der Waals surface area contributed by atoms with E-state index in [1.54, 1.807) is 7.11 Å². The van der Waals surface area contributed by atoms with Crippen molar-refractivity contribution in [3.05, 3.63) is 21.1 Å². The number of methoxy groups -OCH3 is 1. The molecule has 3 nitrogen and oxygen atoms in total. The van der Waals surface area contributed by atoms with Crippen molar-refractivity contribution >= 4 is 27.5 Å². The molecule has 0 saturated heterocycles. The van der Waals surface area contributed by atoms with E-state index in [9.17, 15) is 0 Å². The first-order chi connectivity index (χ1) is 9.01. The van der Waals surface area contributed by atoms with E-state index in [4.69, 9.17) is 21.3 Å². The summed E-state index contributed by atoms with van der Waals surface area (Å²) < 4.78 is 6.43. The third-order valence-corrected chi connectivity index (χ3v) is 5.46. The van der Waals surface area contributed by atoms with Crippen LogP contribution in [0.2, 0.25) is 5.15 Å². The molecular weight excluding hydrogens is 328 g/mol. The Hall–Kier alpha value is -0.190. The highest BCUT2D eigenvalue weighted by molar-refractivity contribution is 9.10. The first-order valence-electron chi connectivity index (χ1n) is 6.80. The highest BCUT2D eigenvalue weighted by Crippen LogP contribution is 2.40. The van der Waals surface area contributed by atoms with Gasteiger partial charge in [-0.05, 0) is 42.1 Å². The lowest BCUT2D eigenvalue weighted by atomic mass is 10.00. The Morgan fingerprint density at radius 1 is 1.37 bits per heavy atom. The van der Waals surface area contributed by atoms with Crippen LogP contribution in [-0.2, 0) is 10.3 Å². The molecule has 1 heterocycles. The molecule has 0 bridgehead atoms. The molecule has 2 rings (SSSR count). The quantitative estimate of drug-likeness (QED) is 0.732. The van der Waals surface area contributed by atoms with Gasteiger partial charge in [0.05, 0.1) is 10.2 Å². The zero-order valence-electron chi connectivity index (χ0n) is 11.7. The minimum absolute atomic E-state index is 0.475. The van der Waals surface area contributed by atoms with Gasteiger partial charge in [0.2, 0.25) is 0 Å². The molecule has 1 aliphatic rings. The van der Waals surface area contributed by atoms with Crippen molar-refractivity contribution < 1.29 is 4.74 Å². The van der Waals surface area contributed by atoms with Crippen molar-refractivity contribution in [2.24, 2.45) is 0 Å². The number of nitrogens with zero attached hydrogens (tertiary/aromatic N) is 2. The molecule has 1 aliphatic carbocycles. The van der Waals surface area contributed by atoms with Gasteiger partial charge in [0.1, 0.15) is 10.8 Å². The van der Waals surface area contributed by atoms with Gasteiger partial charge in [0.15, 0.2) is 5.82 Å². The van der Waals surface area contributed by atoms with Crippen LogP contribution in [0.4, 0.5) is 0 Å². The molecule has 0 aromatic carbocycles. The maximum Gasteiger partial charge on any atom is 0.161 e. The van der Waals surface area contributed by atoms with Crippen LogP contribution in [0.5, 0.6) is 0 Å². The summed E-state index contributed by atoms with van der Waals surface area (Å²) in [6, 6.07) is 0. The Labute approximate surface area is 128 Å². The van der Waals surface area contributed by atoms with Crippen LogP contribution in [0.15, 0.2) is 4.47 Å². The highest BCUT2D eigenvalue weighted by atomic mass is 79.9. The van der Waals surface area contributed by atoms with E-state index in [2.05, 4.69) is 27.8 Å². The van der Waals surface area contributed by atoms with E-state index in [-0.39, 0.29) is 0 Å². The highest BCUT2D eigenvalue weighted by Gasteiger charge is 2.31. The fraction of sp³-hybridized carbons (Fsp3) is 0.714. The number of halogens is 2. The van der Waals surface area contributed by atoms with E-state index in [1.165, 1.54) is 25.7 Å². The molecule has 5 heteroatoms. The summed E-state index contributed by atoms with van der Waals surface area (Å²) in [6.45, 7) is 4.07. The van der Waals surface area contributed by atoms with Crippen molar-refractivity contribution in [1.29, 1.82) is 0 Å². The van der Waals surface area contributed by atoms with Crippen molar-refractivity contribution in [3.8, 4) is 0 Å². The van der Waals surface area contributed by atoms with Crippen LogP contribution in [-0.4, -0.2) is 17.1 Å². The second kappa shape index (κ2) is 6.06.